The zero-order chi connectivity index (χ0) is 13.0. The van der Waals surface area contributed by atoms with Crippen molar-refractivity contribution < 1.29 is 13.3 Å². The molecule has 0 aliphatic heterocycles. The molecular formula is C10H28N2O3Si. The van der Waals surface area contributed by atoms with Crippen LogP contribution in [0, 0.1) is 0 Å². The SMILES string of the molecule is CCO[Si](CN)(OCC)OCC.CN(C)C. The Bertz CT molecular complexity index is 128. The van der Waals surface area contributed by atoms with E-state index in [4.69, 9.17) is 19.0 Å². The maximum atomic E-state index is 5.55. The molecule has 0 aliphatic carbocycles. The monoisotopic (exact) mass is 252 g/mol. The number of nitrogens with two attached hydrogens (primary N) is 1. The average molecular weight is 252 g/mol. The van der Waals surface area contributed by atoms with Crippen LogP contribution in [0.3, 0.4) is 0 Å². The van der Waals surface area contributed by atoms with Gasteiger partial charge in [-0.3, -0.25) is 0 Å². The molecule has 0 amide bonds. The van der Waals surface area contributed by atoms with Crippen molar-refractivity contribution in [2.45, 2.75) is 20.8 Å². The van der Waals surface area contributed by atoms with Crippen LogP contribution >= 0.6 is 0 Å². The molecule has 0 spiro atoms. The molecular weight excluding hydrogens is 224 g/mol. The highest BCUT2D eigenvalue weighted by Gasteiger charge is 2.38. The van der Waals surface area contributed by atoms with E-state index >= 15 is 0 Å². The highest BCUT2D eigenvalue weighted by Crippen LogP contribution is 2.07. The molecule has 0 saturated heterocycles. The molecule has 0 radical (unpaired) electrons. The summed E-state index contributed by atoms with van der Waals surface area (Å²) in [7, 11) is 3.51. The minimum atomic E-state index is -2.49. The van der Waals surface area contributed by atoms with E-state index in [1.807, 2.05) is 46.8 Å². The van der Waals surface area contributed by atoms with Gasteiger partial charge in [-0.15, -0.1) is 0 Å². The smallest absolute Gasteiger partial charge is 0.373 e. The second kappa shape index (κ2) is 11.5. The second-order valence-electron chi connectivity index (χ2n) is 3.53. The molecule has 0 rings (SSSR count). The Morgan fingerprint density at radius 2 is 1.12 bits per heavy atom. The minimum absolute atomic E-state index is 0.350. The maximum Gasteiger partial charge on any atom is 0.515 e. The van der Waals surface area contributed by atoms with Crippen LogP contribution in [0.25, 0.3) is 0 Å². The third-order valence-corrected chi connectivity index (χ3v) is 4.03. The van der Waals surface area contributed by atoms with Gasteiger partial charge in [-0.2, -0.15) is 0 Å². The molecule has 16 heavy (non-hydrogen) atoms. The van der Waals surface area contributed by atoms with Crippen LogP contribution < -0.4 is 5.73 Å². The van der Waals surface area contributed by atoms with E-state index < -0.39 is 8.80 Å². The predicted molar refractivity (Wildman–Crippen MR) is 69.3 cm³/mol. The lowest BCUT2D eigenvalue weighted by Gasteiger charge is -2.26. The minimum Gasteiger partial charge on any atom is -0.373 e. The van der Waals surface area contributed by atoms with Gasteiger partial charge in [-0.1, -0.05) is 0 Å². The van der Waals surface area contributed by atoms with Crippen molar-refractivity contribution in [3.05, 3.63) is 0 Å². The summed E-state index contributed by atoms with van der Waals surface area (Å²) in [6, 6.07) is 0. The van der Waals surface area contributed by atoms with Crippen LogP contribution in [0.4, 0.5) is 0 Å². The number of hydrogen-bond donors (Lipinski definition) is 1. The van der Waals surface area contributed by atoms with Crippen molar-refractivity contribution in [1.82, 2.24) is 4.90 Å². The number of nitrogens with zero attached hydrogens (tertiary/aromatic N) is 1. The zero-order valence-electron chi connectivity index (χ0n) is 11.6. The molecule has 6 heteroatoms. The number of rotatable bonds is 7. The molecule has 0 aliphatic rings. The standard InChI is InChI=1S/C7H19NO3Si.C3H9N/c1-4-9-12(7-8,10-5-2)11-6-3;1-4(2)3/h4-8H2,1-3H3;1-3H3. The third kappa shape index (κ3) is 10.5. The summed E-state index contributed by atoms with van der Waals surface area (Å²) in [6.07, 6.45) is 0.350. The van der Waals surface area contributed by atoms with Gasteiger partial charge in [0.25, 0.3) is 0 Å². The first-order valence-electron chi connectivity index (χ1n) is 5.70. The highest BCUT2D eigenvalue weighted by molar-refractivity contribution is 6.60. The largest absolute Gasteiger partial charge is 0.515 e. The number of hydrogen-bond acceptors (Lipinski definition) is 5. The molecule has 5 nitrogen and oxygen atoms in total. The molecule has 0 unspecified atom stereocenters. The normalized spacial score (nSPS) is 11.2. The summed E-state index contributed by atoms with van der Waals surface area (Å²) in [5.41, 5.74) is 5.55. The molecule has 0 heterocycles. The lowest BCUT2D eigenvalue weighted by atomic mass is 10.9. The van der Waals surface area contributed by atoms with E-state index in [0.29, 0.717) is 26.0 Å². The molecule has 0 fully saturated rings. The van der Waals surface area contributed by atoms with E-state index in [-0.39, 0.29) is 0 Å². The zero-order valence-corrected chi connectivity index (χ0v) is 12.6. The van der Waals surface area contributed by atoms with E-state index in [1.165, 1.54) is 0 Å². The summed E-state index contributed by atoms with van der Waals surface area (Å²) in [4.78, 5) is 2.00. The van der Waals surface area contributed by atoms with Gasteiger partial charge in [0.1, 0.15) is 0 Å². The van der Waals surface area contributed by atoms with Crippen molar-refractivity contribution in [2.75, 3.05) is 47.1 Å². The Labute approximate surface area is 101 Å². The van der Waals surface area contributed by atoms with Gasteiger partial charge in [0.05, 0.1) is 6.17 Å². The van der Waals surface area contributed by atoms with Gasteiger partial charge in [-0.05, 0) is 41.9 Å². The molecule has 0 bridgehead atoms. The van der Waals surface area contributed by atoms with Crippen LogP contribution in [-0.2, 0) is 13.3 Å². The van der Waals surface area contributed by atoms with Gasteiger partial charge in [-0.25, -0.2) is 0 Å². The van der Waals surface area contributed by atoms with Crippen LogP contribution in [0.15, 0.2) is 0 Å². The summed E-state index contributed by atoms with van der Waals surface area (Å²) in [5.74, 6) is 0. The molecule has 0 aromatic carbocycles. The van der Waals surface area contributed by atoms with Gasteiger partial charge >= 0.3 is 8.80 Å². The summed E-state index contributed by atoms with van der Waals surface area (Å²) in [6.45, 7) is 7.50. The van der Waals surface area contributed by atoms with Crippen LogP contribution in [-0.4, -0.2) is 60.8 Å². The van der Waals surface area contributed by atoms with Gasteiger partial charge in [0, 0.05) is 19.8 Å². The van der Waals surface area contributed by atoms with Crippen molar-refractivity contribution in [2.24, 2.45) is 5.73 Å². The topological polar surface area (TPSA) is 57.0 Å². The fourth-order valence-corrected chi connectivity index (χ4v) is 2.88. The maximum absolute atomic E-state index is 5.55. The van der Waals surface area contributed by atoms with E-state index in [9.17, 15) is 0 Å². The third-order valence-electron chi connectivity index (χ3n) is 1.34. The van der Waals surface area contributed by atoms with Crippen molar-refractivity contribution in [3.63, 3.8) is 0 Å². The van der Waals surface area contributed by atoms with Crippen molar-refractivity contribution in [1.29, 1.82) is 0 Å². The highest BCUT2D eigenvalue weighted by atomic mass is 28.4. The fraction of sp³-hybridized carbons (Fsp3) is 1.00. The van der Waals surface area contributed by atoms with Gasteiger partial charge in [0.2, 0.25) is 0 Å². The molecule has 0 aromatic heterocycles. The second-order valence-corrected chi connectivity index (χ2v) is 6.17. The van der Waals surface area contributed by atoms with Gasteiger partial charge < -0.3 is 23.9 Å². The van der Waals surface area contributed by atoms with Crippen LogP contribution in [0.5, 0.6) is 0 Å². The summed E-state index contributed by atoms with van der Waals surface area (Å²) < 4.78 is 16.3. The lowest BCUT2D eigenvalue weighted by Crippen LogP contribution is -2.52. The Balaban J connectivity index is 0. The molecule has 2 N–H and O–H groups in total. The van der Waals surface area contributed by atoms with E-state index in [0.717, 1.165) is 0 Å². The fourth-order valence-electron chi connectivity index (χ4n) is 0.962. The van der Waals surface area contributed by atoms with Crippen molar-refractivity contribution in [3.8, 4) is 0 Å². The molecule has 0 saturated carbocycles. The van der Waals surface area contributed by atoms with Gasteiger partial charge in [0.15, 0.2) is 0 Å². The quantitative estimate of drug-likeness (QED) is 0.676. The summed E-state index contributed by atoms with van der Waals surface area (Å²) >= 11 is 0. The molecule has 0 atom stereocenters. The first kappa shape index (κ1) is 18.4. The first-order valence-corrected chi connectivity index (χ1v) is 7.64. The first-order chi connectivity index (χ1) is 7.47. The van der Waals surface area contributed by atoms with E-state index in [1.54, 1.807) is 0 Å². The predicted octanol–water partition coefficient (Wildman–Crippen LogP) is 0.711. The van der Waals surface area contributed by atoms with Crippen molar-refractivity contribution >= 4 is 8.80 Å². The lowest BCUT2D eigenvalue weighted by molar-refractivity contribution is 0.0728. The van der Waals surface area contributed by atoms with Crippen LogP contribution in [0.2, 0.25) is 0 Å². The Morgan fingerprint density at radius 3 is 1.25 bits per heavy atom. The summed E-state index contributed by atoms with van der Waals surface area (Å²) in [5, 5.41) is 0. The van der Waals surface area contributed by atoms with E-state index in [2.05, 4.69) is 0 Å². The van der Waals surface area contributed by atoms with Crippen LogP contribution in [0.1, 0.15) is 20.8 Å². The molecule has 100 valence electrons. The molecule has 0 aromatic rings. The Morgan fingerprint density at radius 1 is 0.875 bits per heavy atom. The Hall–Kier alpha value is 0.0169. The average Bonchev–Trinajstić information content (AvgIpc) is 2.18. The Kier molecular flexibility index (Phi) is 13.2.